The zero-order valence-electron chi connectivity index (χ0n) is 13.6. The Balaban J connectivity index is 1.67. The van der Waals surface area contributed by atoms with Crippen molar-refractivity contribution >= 4 is 22.4 Å². The second-order valence-corrected chi connectivity index (χ2v) is 7.48. The summed E-state index contributed by atoms with van der Waals surface area (Å²) in [5, 5.41) is 10.6. The molecule has 1 aliphatic rings. The van der Waals surface area contributed by atoms with Gasteiger partial charge in [-0.25, -0.2) is 4.98 Å². The Kier molecular flexibility index (Phi) is 3.87. The second kappa shape index (κ2) is 6.02. The summed E-state index contributed by atoms with van der Waals surface area (Å²) >= 11 is 1.70. The average Bonchev–Trinajstić information content (AvgIpc) is 3.12. The van der Waals surface area contributed by atoms with Gasteiger partial charge in [0.1, 0.15) is 15.8 Å². The molecule has 6 heteroatoms. The number of aryl methyl sites for hydroxylation is 2. The summed E-state index contributed by atoms with van der Waals surface area (Å²) < 4.78 is 2.25. The first-order valence-corrected chi connectivity index (χ1v) is 8.98. The van der Waals surface area contributed by atoms with Crippen molar-refractivity contribution in [3.8, 4) is 0 Å². The maximum atomic E-state index is 4.92. The summed E-state index contributed by atoms with van der Waals surface area (Å²) in [7, 11) is 2.13. The number of piperidine rings is 1. The molecule has 4 rings (SSSR count). The van der Waals surface area contributed by atoms with E-state index < -0.39 is 0 Å². The van der Waals surface area contributed by atoms with Gasteiger partial charge in [-0.1, -0.05) is 18.6 Å². The molecule has 1 aliphatic heterocycles. The maximum absolute atomic E-state index is 4.92. The third kappa shape index (κ3) is 2.77. The highest BCUT2D eigenvalue weighted by Gasteiger charge is 2.28. The normalized spacial score (nSPS) is 19.5. The lowest BCUT2D eigenvalue weighted by atomic mass is 10.0. The molecule has 1 unspecified atom stereocenters. The number of benzene rings is 1. The zero-order valence-corrected chi connectivity index (χ0v) is 14.4. The fraction of sp³-hybridized carbons (Fsp3) is 0.471. The number of likely N-dealkylation sites (tertiary alicyclic amines) is 1. The topological polar surface area (TPSA) is 46.8 Å². The molecule has 0 aliphatic carbocycles. The molecule has 1 aromatic carbocycles. The number of nitrogens with zero attached hydrogens (tertiary/aromatic N) is 5. The van der Waals surface area contributed by atoms with Gasteiger partial charge >= 0.3 is 0 Å². The van der Waals surface area contributed by atoms with Crippen LogP contribution in [0.25, 0.3) is 11.0 Å². The highest BCUT2D eigenvalue weighted by atomic mass is 32.1. The molecular weight excluding hydrogens is 306 g/mol. The molecule has 0 radical (unpaired) electrons. The molecule has 0 spiro atoms. The first-order chi connectivity index (χ1) is 11.2. The maximum Gasteiger partial charge on any atom is 0.131 e. The lowest BCUT2D eigenvalue weighted by Gasteiger charge is -2.34. The van der Waals surface area contributed by atoms with Crippen LogP contribution in [0.2, 0.25) is 0 Å². The van der Waals surface area contributed by atoms with Gasteiger partial charge in [0.2, 0.25) is 0 Å². The summed E-state index contributed by atoms with van der Waals surface area (Å²) in [6, 6.07) is 8.75. The fourth-order valence-electron chi connectivity index (χ4n) is 3.51. The van der Waals surface area contributed by atoms with E-state index in [4.69, 9.17) is 4.98 Å². The van der Waals surface area contributed by atoms with Crippen molar-refractivity contribution in [3.63, 3.8) is 0 Å². The van der Waals surface area contributed by atoms with Gasteiger partial charge < -0.3 is 4.57 Å². The monoisotopic (exact) mass is 327 g/mol. The Morgan fingerprint density at radius 1 is 1.22 bits per heavy atom. The van der Waals surface area contributed by atoms with Crippen LogP contribution in [0.3, 0.4) is 0 Å². The van der Waals surface area contributed by atoms with Crippen molar-refractivity contribution in [2.24, 2.45) is 7.05 Å². The van der Waals surface area contributed by atoms with Crippen LogP contribution in [-0.4, -0.2) is 31.2 Å². The van der Waals surface area contributed by atoms with E-state index >= 15 is 0 Å². The molecule has 3 heterocycles. The van der Waals surface area contributed by atoms with Crippen LogP contribution < -0.4 is 0 Å². The Morgan fingerprint density at radius 2 is 2.09 bits per heavy atom. The summed E-state index contributed by atoms with van der Waals surface area (Å²) in [6.45, 7) is 3.99. The van der Waals surface area contributed by atoms with Crippen molar-refractivity contribution in [3.05, 3.63) is 40.1 Å². The molecule has 5 nitrogen and oxygen atoms in total. The standard InChI is InChI=1S/C17H21N5S/c1-12-19-20-16(23-12)11-22-10-6-5-9-15(22)17-18-13-7-3-4-8-14(13)21(17)2/h3-4,7-8,15H,5-6,9-11H2,1-2H3. The minimum absolute atomic E-state index is 0.366. The number of hydrogen-bond donors (Lipinski definition) is 0. The van der Waals surface area contributed by atoms with Gasteiger partial charge in [-0.05, 0) is 38.4 Å². The van der Waals surface area contributed by atoms with E-state index in [0.29, 0.717) is 6.04 Å². The van der Waals surface area contributed by atoms with Crippen LogP contribution >= 0.6 is 11.3 Å². The van der Waals surface area contributed by atoms with Gasteiger partial charge in [-0.2, -0.15) is 0 Å². The third-order valence-electron chi connectivity index (χ3n) is 4.64. The van der Waals surface area contributed by atoms with E-state index in [1.165, 1.54) is 24.2 Å². The first-order valence-electron chi connectivity index (χ1n) is 8.17. The summed E-state index contributed by atoms with van der Waals surface area (Å²) in [5.74, 6) is 1.17. The Morgan fingerprint density at radius 3 is 2.87 bits per heavy atom. The summed E-state index contributed by atoms with van der Waals surface area (Å²) in [4.78, 5) is 7.44. The molecular formula is C17H21N5S. The number of aromatic nitrogens is 4. The Bertz CT molecular complexity index is 821. The number of fused-ring (bicyclic) bond motifs is 1. The van der Waals surface area contributed by atoms with Crippen molar-refractivity contribution in [1.29, 1.82) is 0 Å². The van der Waals surface area contributed by atoms with E-state index in [1.54, 1.807) is 11.3 Å². The predicted octanol–water partition coefficient (Wildman–Crippen LogP) is 3.46. The first kappa shape index (κ1) is 14.8. The smallest absolute Gasteiger partial charge is 0.131 e. The van der Waals surface area contributed by atoms with E-state index in [-0.39, 0.29) is 0 Å². The van der Waals surface area contributed by atoms with Crippen LogP contribution in [-0.2, 0) is 13.6 Å². The largest absolute Gasteiger partial charge is 0.330 e. The van der Waals surface area contributed by atoms with Crippen molar-refractivity contribution in [2.45, 2.75) is 38.8 Å². The molecule has 0 N–H and O–H groups in total. The average molecular weight is 327 g/mol. The van der Waals surface area contributed by atoms with Crippen molar-refractivity contribution < 1.29 is 0 Å². The predicted molar refractivity (Wildman–Crippen MR) is 92.4 cm³/mol. The number of hydrogen-bond acceptors (Lipinski definition) is 5. The Hall–Kier alpha value is -1.79. The van der Waals surface area contributed by atoms with Gasteiger partial charge in [0.25, 0.3) is 0 Å². The second-order valence-electron chi connectivity index (χ2n) is 6.21. The molecule has 23 heavy (non-hydrogen) atoms. The number of para-hydroxylation sites is 2. The highest BCUT2D eigenvalue weighted by Crippen LogP contribution is 2.33. The van der Waals surface area contributed by atoms with Crippen molar-refractivity contribution in [1.82, 2.24) is 24.6 Å². The van der Waals surface area contributed by atoms with Gasteiger partial charge in [0.15, 0.2) is 0 Å². The van der Waals surface area contributed by atoms with Gasteiger partial charge in [-0.3, -0.25) is 4.90 Å². The molecule has 0 bridgehead atoms. The zero-order chi connectivity index (χ0) is 15.8. The molecule has 120 valence electrons. The van der Waals surface area contributed by atoms with E-state index in [2.05, 4.69) is 51.0 Å². The summed E-state index contributed by atoms with van der Waals surface area (Å²) in [5.41, 5.74) is 2.29. The third-order valence-corrected chi connectivity index (χ3v) is 5.46. The SMILES string of the molecule is Cc1nnc(CN2CCCCC2c2nc3ccccc3n2C)s1. The molecule has 2 aromatic heterocycles. The van der Waals surface area contributed by atoms with E-state index in [9.17, 15) is 0 Å². The van der Waals surface area contributed by atoms with E-state index in [0.717, 1.165) is 35.0 Å². The number of imidazole rings is 1. The molecule has 1 atom stereocenters. The number of rotatable bonds is 3. The molecule has 1 saturated heterocycles. The highest BCUT2D eigenvalue weighted by molar-refractivity contribution is 7.11. The molecule has 0 amide bonds. The van der Waals surface area contributed by atoms with Gasteiger partial charge in [0, 0.05) is 7.05 Å². The lowest BCUT2D eigenvalue weighted by molar-refractivity contribution is 0.131. The molecule has 1 fully saturated rings. The minimum atomic E-state index is 0.366. The minimum Gasteiger partial charge on any atom is -0.330 e. The van der Waals surface area contributed by atoms with Crippen LogP contribution in [0.1, 0.15) is 41.1 Å². The molecule has 0 saturated carbocycles. The van der Waals surface area contributed by atoms with Crippen molar-refractivity contribution in [2.75, 3.05) is 6.54 Å². The Labute approximate surface area is 140 Å². The molecule has 3 aromatic rings. The van der Waals surface area contributed by atoms with Crippen LogP contribution in [0.4, 0.5) is 0 Å². The van der Waals surface area contributed by atoms with Crippen LogP contribution in [0.5, 0.6) is 0 Å². The van der Waals surface area contributed by atoms with E-state index in [1.807, 2.05) is 6.92 Å². The summed E-state index contributed by atoms with van der Waals surface area (Å²) in [6.07, 6.45) is 3.67. The van der Waals surface area contributed by atoms with Crippen LogP contribution in [0, 0.1) is 6.92 Å². The lowest BCUT2D eigenvalue weighted by Crippen LogP contribution is -2.34. The quantitative estimate of drug-likeness (QED) is 0.739. The van der Waals surface area contributed by atoms with Gasteiger partial charge in [0.05, 0.1) is 23.6 Å². The van der Waals surface area contributed by atoms with Gasteiger partial charge in [-0.15, -0.1) is 21.5 Å². The fourth-order valence-corrected chi connectivity index (χ4v) is 4.24. The van der Waals surface area contributed by atoms with Crippen LogP contribution in [0.15, 0.2) is 24.3 Å².